The molecule has 0 amide bonds. The van der Waals surface area contributed by atoms with Gasteiger partial charge < -0.3 is 9.84 Å². The van der Waals surface area contributed by atoms with Crippen LogP contribution in [-0.2, 0) is 4.79 Å². The highest BCUT2D eigenvalue weighted by Crippen LogP contribution is 2.20. The van der Waals surface area contributed by atoms with Crippen molar-refractivity contribution < 1.29 is 23.8 Å². The van der Waals surface area contributed by atoms with Crippen LogP contribution < -0.4 is 4.74 Å². The van der Waals surface area contributed by atoms with Crippen molar-refractivity contribution in [2.45, 2.75) is 19.8 Å². The number of benzene rings is 1. The van der Waals surface area contributed by atoms with Crippen molar-refractivity contribution in [1.29, 1.82) is 0 Å². The van der Waals surface area contributed by atoms with Crippen molar-refractivity contribution in [2.75, 3.05) is 0 Å². The molecule has 86 valence electrons. The first-order valence-electron chi connectivity index (χ1n) is 4.78. The molecule has 0 aliphatic heterocycles. The molecule has 0 aromatic heterocycles. The third-order valence-electron chi connectivity index (χ3n) is 1.87. The van der Waals surface area contributed by atoms with E-state index in [-0.39, 0.29) is 12.2 Å². The van der Waals surface area contributed by atoms with E-state index in [1.54, 1.807) is 6.92 Å². The van der Waals surface area contributed by atoms with Gasteiger partial charge in [-0.05, 0) is 18.6 Å². The maximum absolute atomic E-state index is 13.5. The van der Waals surface area contributed by atoms with Crippen LogP contribution in [0.4, 0.5) is 4.39 Å². The van der Waals surface area contributed by atoms with Crippen molar-refractivity contribution in [1.82, 2.24) is 0 Å². The number of carbonyl (C=O) groups excluding carboxylic acids is 1. The van der Waals surface area contributed by atoms with E-state index in [0.717, 1.165) is 6.07 Å². The van der Waals surface area contributed by atoms with E-state index in [9.17, 15) is 14.0 Å². The average molecular weight is 226 g/mol. The van der Waals surface area contributed by atoms with Crippen LogP contribution in [0.5, 0.6) is 5.75 Å². The Bertz CT molecular complexity index is 414. The summed E-state index contributed by atoms with van der Waals surface area (Å²) in [6.45, 7) is 1.78. The Morgan fingerprint density at radius 1 is 1.44 bits per heavy atom. The van der Waals surface area contributed by atoms with Crippen LogP contribution in [0.3, 0.4) is 0 Å². The zero-order valence-corrected chi connectivity index (χ0v) is 8.70. The molecule has 0 aliphatic rings. The minimum Gasteiger partial charge on any atom is -0.478 e. The molecule has 4 nitrogen and oxygen atoms in total. The summed E-state index contributed by atoms with van der Waals surface area (Å²) in [5.74, 6) is -3.35. The Labute approximate surface area is 91.7 Å². The Hall–Kier alpha value is -1.91. The molecule has 1 aromatic carbocycles. The van der Waals surface area contributed by atoms with Gasteiger partial charge in [0.05, 0.1) is 5.56 Å². The van der Waals surface area contributed by atoms with E-state index in [1.165, 1.54) is 12.1 Å². The first-order valence-corrected chi connectivity index (χ1v) is 4.78. The minimum atomic E-state index is -1.40. The van der Waals surface area contributed by atoms with Crippen molar-refractivity contribution in [3.05, 3.63) is 29.6 Å². The molecule has 0 unspecified atom stereocenters. The predicted octanol–water partition coefficient (Wildman–Crippen LogP) is 2.23. The van der Waals surface area contributed by atoms with Crippen LogP contribution in [0.15, 0.2) is 18.2 Å². The number of hydrogen-bond acceptors (Lipinski definition) is 3. The van der Waals surface area contributed by atoms with Crippen LogP contribution in [-0.4, -0.2) is 17.0 Å². The molecule has 0 aliphatic carbocycles. The second-order valence-corrected chi connectivity index (χ2v) is 3.15. The minimum absolute atomic E-state index is 0.163. The number of aromatic carboxylic acids is 1. The summed E-state index contributed by atoms with van der Waals surface area (Å²) in [5.41, 5.74) is -0.512. The van der Waals surface area contributed by atoms with Gasteiger partial charge in [-0.15, -0.1) is 0 Å². The van der Waals surface area contributed by atoms with E-state index >= 15 is 0 Å². The van der Waals surface area contributed by atoms with E-state index in [0.29, 0.717) is 6.42 Å². The number of hydrogen-bond donors (Lipinski definition) is 1. The van der Waals surface area contributed by atoms with E-state index in [2.05, 4.69) is 0 Å². The number of esters is 1. The topological polar surface area (TPSA) is 63.6 Å². The fourth-order valence-corrected chi connectivity index (χ4v) is 1.13. The summed E-state index contributed by atoms with van der Waals surface area (Å²) >= 11 is 0. The predicted molar refractivity (Wildman–Crippen MR) is 53.9 cm³/mol. The van der Waals surface area contributed by atoms with Gasteiger partial charge in [-0.1, -0.05) is 13.0 Å². The van der Waals surface area contributed by atoms with Gasteiger partial charge in [0.2, 0.25) is 0 Å². The molecule has 5 heteroatoms. The zero-order valence-electron chi connectivity index (χ0n) is 8.70. The lowest BCUT2D eigenvalue weighted by Gasteiger charge is -2.05. The number of ether oxygens (including phenoxy) is 1. The number of halogens is 1. The van der Waals surface area contributed by atoms with Gasteiger partial charge >= 0.3 is 11.9 Å². The van der Waals surface area contributed by atoms with Crippen LogP contribution in [0.2, 0.25) is 0 Å². The number of carboxylic acid groups (broad SMARTS) is 1. The monoisotopic (exact) mass is 226 g/mol. The smallest absolute Gasteiger partial charge is 0.338 e. The first kappa shape index (κ1) is 12.2. The van der Waals surface area contributed by atoms with Crippen LogP contribution in [0.1, 0.15) is 30.1 Å². The lowest BCUT2D eigenvalue weighted by Crippen LogP contribution is -2.10. The molecular formula is C11H11FO4. The number of carbonyl (C=O) groups is 2. The van der Waals surface area contributed by atoms with Gasteiger partial charge in [0.15, 0.2) is 11.6 Å². The Balaban J connectivity index is 2.93. The largest absolute Gasteiger partial charge is 0.478 e. The molecule has 0 atom stereocenters. The zero-order chi connectivity index (χ0) is 12.1. The van der Waals surface area contributed by atoms with Gasteiger partial charge in [0, 0.05) is 6.42 Å². The molecule has 1 N–H and O–H groups in total. The summed E-state index contributed by atoms with van der Waals surface area (Å²) in [6.07, 6.45) is 0.746. The third kappa shape index (κ3) is 2.79. The summed E-state index contributed by atoms with van der Waals surface area (Å²) in [6, 6.07) is 3.64. The summed E-state index contributed by atoms with van der Waals surface area (Å²) in [5, 5.41) is 8.65. The summed E-state index contributed by atoms with van der Waals surface area (Å²) in [7, 11) is 0. The van der Waals surface area contributed by atoms with Crippen molar-refractivity contribution in [3.8, 4) is 5.75 Å². The molecule has 0 saturated carbocycles. The van der Waals surface area contributed by atoms with Crippen molar-refractivity contribution >= 4 is 11.9 Å². The van der Waals surface area contributed by atoms with Gasteiger partial charge in [-0.2, -0.15) is 0 Å². The van der Waals surface area contributed by atoms with Crippen LogP contribution in [0.25, 0.3) is 0 Å². The molecule has 0 bridgehead atoms. The summed E-state index contributed by atoms with van der Waals surface area (Å²) in [4.78, 5) is 21.7. The highest BCUT2D eigenvalue weighted by Gasteiger charge is 2.16. The fraction of sp³-hybridized carbons (Fsp3) is 0.273. The quantitative estimate of drug-likeness (QED) is 0.631. The van der Waals surface area contributed by atoms with Crippen LogP contribution in [0, 0.1) is 5.82 Å². The highest BCUT2D eigenvalue weighted by atomic mass is 19.1. The number of carboxylic acids is 1. The van der Waals surface area contributed by atoms with Gasteiger partial charge in [0.1, 0.15) is 0 Å². The second kappa shape index (κ2) is 5.25. The van der Waals surface area contributed by atoms with Crippen molar-refractivity contribution in [2.24, 2.45) is 0 Å². The van der Waals surface area contributed by atoms with E-state index in [1.807, 2.05) is 0 Å². The Morgan fingerprint density at radius 2 is 2.12 bits per heavy atom. The van der Waals surface area contributed by atoms with Gasteiger partial charge in [0.25, 0.3) is 0 Å². The fourth-order valence-electron chi connectivity index (χ4n) is 1.13. The Kier molecular flexibility index (Phi) is 3.99. The molecule has 1 rings (SSSR count). The standard InChI is InChI=1S/C11H11FO4/c1-2-4-9(13)16-8-6-3-5-7(10(8)12)11(14)15/h3,5-6H,2,4H2,1H3,(H,14,15). The molecule has 1 aromatic rings. The second-order valence-electron chi connectivity index (χ2n) is 3.15. The molecule has 0 spiro atoms. The first-order chi connectivity index (χ1) is 7.56. The van der Waals surface area contributed by atoms with E-state index < -0.39 is 23.3 Å². The van der Waals surface area contributed by atoms with E-state index in [4.69, 9.17) is 9.84 Å². The maximum atomic E-state index is 13.5. The molecule has 0 radical (unpaired) electrons. The normalized spacial score (nSPS) is 9.88. The molecular weight excluding hydrogens is 215 g/mol. The molecule has 16 heavy (non-hydrogen) atoms. The maximum Gasteiger partial charge on any atom is 0.338 e. The highest BCUT2D eigenvalue weighted by molar-refractivity contribution is 5.88. The average Bonchev–Trinajstić information content (AvgIpc) is 2.21. The lowest BCUT2D eigenvalue weighted by molar-refractivity contribution is -0.134. The number of rotatable bonds is 4. The Morgan fingerprint density at radius 3 is 2.69 bits per heavy atom. The summed E-state index contributed by atoms with van der Waals surface area (Å²) < 4.78 is 18.2. The van der Waals surface area contributed by atoms with Crippen LogP contribution >= 0.6 is 0 Å². The third-order valence-corrected chi connectivity index (χ3v) is 1.87. The lowest BCUT2D eigenvalue weighted by atomic mass is 10.2. The van der Waals surface area contributed by atoms with Crippen molar-refractivity contribution in [3.63, 3.8) is 0 Å². The SMILES string of the molecule is CCCC(=O)Oc1cccc(C(=O)O)c1F. The molecule has 0 heterocycles. The van der Waals surface area contributed by atoms with Gasteiger partial charge in [-0.3, -0.25) is 4.79 Å². The van der Waals surface area contributed by atoms with Gasteiger partial charge in [-0.25, -0.2) is 9.18 Å². The molecule has 0 saturated heterocycles. The molecule has 0 fully saturated rings.